The molecule has 0 aliphatic heterocycles. The Labute approximate surface area is 126 Å². The molecule has 0 aliphatic carbocycles. The van der Waals surface area contributed by atoms with E-state index in [9.17, 15) is 16.8 Å². The average molecular weight is 338 g/mol. The Morgan fingerprint density at radius 2 is 0.909 bits per heavy atom. The zero-order valence-electron chi connectivity index (χ0n) is 11.0. The second kappa shape index (κ2) is 4.75. The van der Waals surface area contributed by atoms with Gasteiger partial charge in [0.05, 0.1) is 9.79 Å². The number of rotatable bonds is 2. The van der Waals surface area contributed by atoms with Crippen LogP contribution in [0.4, 0.5) is 0 Å². The Morgan fingerprint density at radius 1 is 0.545 bits per heavy atom. The van der Waals surface area contributed by atoms with Crippen molar-refractivity contribution in [1.82, 2.24) is 0 Å². The third-order valence-electron chi connectivity index (χ3n) is 3.33. The van der Waals surface area contributed by atoms with Crippen molar-refractivity contribution in [3.8, 4) is 0 Å². The molecule has 0 amide bonds. The summed E-state index contributed by atoms with van der Waals surface area (Å²) >= 11 is 0. The van der Waals surface area contributed by atoms with Crippen molar-refractivity contribution >= 4 is 41.8 Å². The molecule has 0 atom stereocenters. The van der Waals surface area contributed by atoms with Gasteiger partial charge < -0.3 is 0 Å². The lowest BCUT2D eigenvalue weighted by atomic mass is 10.0. The fourth-order valence-electron chi connectivity index (χ4n) is 2.27. The minimum absolute atomic E-state index is 0.214. The van der Waals surface area contributed by atoms with E-state index in [2.05, 4.69) is 0 Å². The molecule has 3 aromatic rings. The molecule has 2 N–H and O–H groups in total. The molecule has 0 fully saturated rings. The van der Waals surface area contributed by atoms with Crippen LogP contribution in [0.5, 0.6) is 0 Å². The van der Waals surface area contributed by atoms with E-state index in [1.807, 2.05) is 0 Å². The minimum atomic E-state index is -4.29. The van der Waals surface area contributed by atoms with Gasteiger partial charge in [0.25, 0.3) is 20.2 Å². The maximum Gasteiger partial charge on any atom is 0.294 e. The summed E-state index contributed by atoms with van der Waals surface area (Å²) in [5, 5.41) is 2.52. The molecule has 3 rings (SSSR count). The van der Waals surface area contributed by atoms with Crippen LogP contribution in [-0.4, -0.2) is 25.9 Å². The highest BCUT2D eigenvalue weighted by Gasteiger charge is 2.12. The van der Waals surface area contributed by atoms with Crippen molar-refractivity contribution in [2.45, 2.75) is 9.79 Å². The lowest BCUT2D eigenvalue weighted by molar-refractivity contribution is 0.481. The van der Waals surface area contributed by atoms with Gasteiger partial charge in [0, 0.05) is 0 Å². The van der Waals surface area contributed by atoms with E-state index in [0.29, 0.717) is 21.5 Å². The van der Waals surface area contributed by atoms with Crippen molar-refractivity contribution in [3.05, 3.63) is 48.5 Å². The molecule has 0 spiro atoms. The van der Waals surface area contributed by atoms with Crippen LogP contribution in [-0.2, 0) is 20.2 Å². The Balaban J connectivity index is 2.31. The third kappa shape index (κ3) is 2.69. The van der Waals surface area contributed by atoms with Crippen molar-refractivity contribution in [2.24, 2.45) is 0 Å². The zero-order valence-corrected chi connectivity index (χ0v) is 12.6. The van der Waals surface area contributed by atoms with E-state index in [0.717, 1.165) is 0 Å². The van der Waals surface area contributed by atoms with Gasteiger partial charge in [-0.1, -0.05) is 12.1 Å². The summed E-state index contributed by atoms with van der Waals surface area (Å²) < 4.78 is 62.8. The van der Waals surface area contributed by atoms with Crippen molar-refractivity contribution in [1.29, 1.82) is 0 Å². The molecule has 0 saturated carbocycles. The predicted octanol–water partition coefficient (Wildman–Crippen LogP) is 2.49. The molecule has 114 valence electrons. The van der Waals surface area contributed by atoms with E-state index in [-0.39, 0.29) is 9.79 Å². The van der Waals surface area contributed by atoms with Crippen LogP contribution in [0.1, 0.15) is 0 Å². The van der Waals surface area contributed by atoms with E-state index in [1.54, 1.807) is 12.1 Å². The summed E-state index contributed by atoms with van der Waals surface area (Å²) in [4.78, 5) is -0.428. The van der Waals surface area contributed by atoms with Crippen LogP contribution >= 0.6 is 0 Å². The van der Waals surface area contributed by atoms with Gasteiger partial charge >= 0.3 is 0 Å². The van der Waals surface area contributed by atoms with Gasteiger partial charge in [-0.25, -0.2) is 0 Å². The zero-order chi connectivity index (χ0) is 16.1. The molecule has 6 nitrogen and oxygen atoms in total. The first-order valence-electron chi connectivity index (χ1n) is 6.07. The number of benzene rings is 3. The number of fused-ring (bicyclic) bond motifs is 2. The molecule has 0 bridgehead atoms. The van der Waals surface area contributed by atoms with Gasteiger partial charge in [-0.2, -0.15) is 16.8 Å². The van der Waals surface area contributed by atoms with Crippen molar-refractivity contribution < 1.29 is 25.9 Å². The van der Waals surface area contributed by atoms with Crippen LogP contribution in [0.25, 0.3) is 21.5 Å². The molecular formula is C14H10O6S2. The fraction of sp³-hybridized carbons (Fsp3) is 0. The van der Waals surface area contributed by atoms with Gasteiger partial charge in [0.1, 0.15) is 0 Å². The Hall–Kier alpha value is -2.00. The molecule has 0 saturated heterocycles. The molecule has 8 heteroatoms. The first kappa shape index (κ1) is 14.9. The Kier molecular flexibility index (Phi) is 3.22. The molecule has 0 aromatic heterocycles. The number of hydrogen-bond donors (Lipinski definition) is 2. The summed E-state index contributed by atoms with van der Waals surface area (Å²) in [6.45, 7) is 0. The lowest BCUT2D eigenvalue weighted by Crippen LogP contribution is -1.98. The van der Waals surface area contributed by atoms with Crippen LogP contribution in [0.2, 0.25) is 0 Å². The summed E-state index contributed by atoms with van der Waals surface area (Å²) in [6, 6.07) is 11.6. The topological polar surface area (TPSA) is 109 Å². The van der Waals surface area contributed by atoms with Crippen LogP contribution in [0.3, 0.4) is 0 Å². The molecule has 3 aromatic carbocycles. The molecular weight excluding hydrogens is 328 g/mol. The van der Waals surface area contributed by atoms with Gasteiger partial charge in [-0.05, 0) is 57.9 Å². The summed E-state index contributed by atoms with van der Waals surface area (Å²) in [7, 11) is -8.57. The molecule has 22 heavy (non-hydrogen) atoms. The quantitative estimate of drug-likeness (QED) is 0.549. The minimum Gasteiger partial charge on any atom is -0.282 e. The van der Waals surface area contributed by atoms with Crippen molar-refractivity contribution in [2.75, 3.05) is 0 Å². The third-order valence-corrected chi connectivity index (χ3v) is 5.03. The highest BCUT2D eigenvalue weighted by molar-refractivity contribution is 7.86. The van der Waals surface area contributed by atoms with Crippen LogP contribution in [0, 0.1) is 0 Å². The highest BCUT2D eigenvalue weighted by Crippen LogP contribution is 2.27. The van der Waals surface area contributed by atoms with Crippen molar-refractivity contribution in [3.63, 3.8) is 0 Å². The SMILES string of the molecule is O=S(=O)(O)c1ccc2cc3cc(S(=O)(=O)O)ccc3cc2c1. The van der Waals surface area contributed by atoms with E-state index >= 15 is 0 Å². The first-order chi connectivity index (χ1) is 10.1. The normalized spacial score (nSPS) is 12.8. The van der Waals surface area contributed by atoms with E-state index < -0.39 is 20.2 Å². The van der Waals surface area contributed by atoms with Gasteiger partial charge in [0.15, 0.2) is 0 Å². The van der Waals surface area contributed by atoms with E-state index in [1.165, 1.54) is 36.4 Å². The van der Waals surface area contributed by atoms with Crippen LogP contribution in [0.15, 0.2) is 58.3 Å². The second-order valence-corrected chi connectivity index (χ2v) is 7.66. The first-order valence-corrected chi connectivity index (χ1v) is 8.95. The molecule has 0 heterocycles. The monoisotopic (exact) mass is 338 g/mol. The van der Waals surface area contributed by atoms with E-state index in [4.69, 9.17) is 9.11 Å². The maximum absolute atomic E-state index is 11.2. The number of hydrogen-bond acceptors (Lipinski definition) is 4. The molecule has 0 radical (unpaired) electrons. The lowest BCUT2D eigenvalue weighted by Gasteiger charge is -2.05. The van der Waals surface area contributed by atoms with Gasteiger partial charge in [0.2, 0.25) is 0 Å². The summed E-state index contributed by atoms with van der Waals surface area (Å²) in [6.07, 6.45) is 0. The standard InChI is InChI=1S/C14H10O6S2/c15-21(16,17)13-3-1-9-5-12-8-14(22(18,19)20)4-2-10(12)6-11(9)7-13/h1-8H,(H,15,16,17)(H,18,19,20). The highest BCUT2D eigenvalue weighted by atomic mass is 32.2. The van der Waals surface area contributed by atoms with Gasteiger partial charge in [-0.3, -0.25) is 9.11 Å². The van der Waals surface area contributed by atoms with Crippen LogP contribution < -0.4 is 0 Å². The predicted molar refractivity (Wildman–Crippen MR) is 81.1 cm³/mol. The fourth-order valence-corrected chi connectivity index (χ4v) is 3.31. The smallest absolute Gasteiger partial charge is 0.282 e. The second-order valence-electron chi connectivity index (χ2n) is 4.82. The summed E-state index contributed by atoms with van der Waals surface area (Å²) in [5.74, 6) is 0. The molecule has 0 unspecified atom stereocenters. The maximum atomic E-state index is 11.2. The summed E-state index contributed by atoms with van der Waals surface area (Å²) in [5.41, 5.74) is 0. The Morgan fingerprint density at radius 3 is 1.23 bits per heavy atom. The van der Waals surface area contributed by atoms with Gasteiger partial charge in [-0.15, -0.1) is 0 Å². The Bertz CT molecular complexity index is 1020. The molecule has 0 aliphatic rings. The largest absolute Gasteiger partial charge is 0.294 e. The average Bonchev–Trinajstić information content (AvgIpc) is 2.41.